The second-order valence-electron chi connectivity index (χ2n) is 4.56. The SMILES string of the molecule is CC1CCCN(Cc2cnc(N)s2)C1CN.Cl.Cl. The Balaban J connectivity index is 0.00000144. The molecule has 1 fully saturated rings. The van der Waals surface area contributed by atoms with E-state index >= 15 is 0 Å². The van der Waals surface area contributed by atoms with E-state index < -0.39 is 0 Å². The van der Waals surface area contributed by atoms with E-state index in [0.717, 1.165) is 19.6 Å². The van der Waals surface area contributed by atoms with Crippen molar-refractivity contribution < 1.29 is 0 Å². The van der Waals surface area contributed by atoms with Crippen LogP contribution in [0.2, 0.25) is 0 Å². The van der Waals surface area contributed by atoms with Crippen LogP contribution < -0.4 is 11.5 Å². The van der Waals surface area contributed by atoms with Crippen LogP contribution in [0.1, 0.15) is 24.6 Å². The molecular weight excluding hydrogens is 291 g/mol. The van der Waals surface area contributed by atoms with E-state index in [0.29, 0.717) is 17.1 Å². The number of thiazole rings is 1. The van der Waals surface area contributed by atoms with E-state index in [1.807, 2.05) is 6.20 Å². The first kappa shape index (κ1) is 17.9. The van der Waals surface area contributed by atoms with Crippen molar-refractivity contribution >= 4 is 41.3 Å². The third-order valence-electron chi connectivity index (χ3n) is 3.40. The van der Waals surface area contributed by atoms with Gasteiger partial charge in [0.15, 0.2) is 5.13 Å². The van der Waals surface area contributed by atoms with Crippen LogP contribution in [0.4, 0.5) is 5.13 Å². The molecule has 2 heterocycles. The molecule has 0 spiro atoms. The van der Waals surface area contributed by atoms with Crippen LogP contribution in [0.15, 0.2) is 6.20 Å². The van der Waals surface area contributed by atoms with E-state index in [-0.39, 0.29) is 24.8 Å². The summed E-state index contributed by atoms with van der Waals surface area (Å²) >= 11 is 1.58. The summed E-state index contributed by atoms with van der Waals surface area (Å²) in [6.45, 7) is 5.13. The van der Waals surface area contributed by atoms with Crippen LogP contribution in [0.25, 0.3) is 0 Å². The number of halogens is 2. The number of anilines is 1. The molecule has 18 heavy (non-hydrogen) atoms. The van der Waals surface area contributed by atoms with Gasteiger partial charge in [0.25, 0.3) is 0 Å². The molecule has 1 aromatic heterocycles. The Morgan fingerprint density at radius 1 is 1.50 bits per heavy atom. The van der Waals surface area contributed by atoms with Gasteiger partial charge >= 0.3 is 0 Å². The van der Waals surface area contributed by atoms with Gasteiger partial charge in [-0.25, -0.2) is 4.98 Å². The molecule has 4 N–H and O–H groups in total. The summed E-state index contributed by atoms with van der Waals surface area (Å²) in [6, 6.07) is 0.511. The van der Waals surface area contributed by atoms with Crippen LogP contribution in [0.5, 0.6) is 0 Å². The van der Waals surface area contributed by atoms with E-state index in [4.69, 9.17) is 11.5 Å². The van der Waals surface area contributed by atoms with Crippen LogP contribution in [0, 0.1) is 5.92 Å². The van der Waals surface area contributed by atoms with Crippen molar-refractivity contribution in [2.24, 2.45) is 11.7 Å². The smallest absolute Gasteiger partial charge is 0.180 e. The van der Waals surface area contributed by atoms with Crippen molar-refractivity contribution in [3.8, 4) is 0 Å². The van der Waals surface area contributed by atoms with Gasteiger partial charge in [0.2, 0.25) is 0 Å². The van der Waals surface area contributed by atoms with E-state index in [1.54, 1.807) is 11.3 Å². The Hall–Kier alpha value is -0.0700. The minimum Gasteiger partial charge on any atom is -0.375 e. The van der Waals surface area contributed by atoms with Gasteiger partial charge in [0.1, 0.15) is 0 Å². The second-order valence-corrected chi connectivity index (χ2v) is 5.70. The zero-order chi connectivity index (χ0) is 11.5. The molecular formula is C11H22Cl2N4S. The maximum absolute atomic E-state index is 5.86. The van der Waals surface area contributed by atoms with Crippen molar-refractivity contribution in [2.45, 2.75) is 32.4 Å². The van der Waals surface area contributed by atoms with Crippen molar-refractivity contribution in [2.75, 3.05) is 18.8 Å². The average Bonchev–Trinajstić information content (AvgIpc) is 2.64. The largest absolute Gasteiger partial charge is 0.375 e. The number of nitrogens with zero attached hydrogens (tertiary/aromatic N) is 2. The fourth-order valence-electron chi connectivity index (χ4n) is 2.51. The van der Waals surface area contributed by atoms with Crippen molar-refractivity contribution in [3.63, 3.8) is 0 Å². The molecule has 4 nitrogen and oxygen atoms in total. The number of nitrogens with two attached hydrogens (primary N) is 2. The molecule has 0 saturated carbocycles. The molecule has 7 heteroatoms. The molecule has 0 bridgehead atoms. The highest BCUT2D eigenvalue weighted by Gasteiger charge is 2.27. The van der Waals surface area contributed by atoms with Gasteiger partial charge in [-0.2, -0.15) is 0 Å². The molecule has 2 atom stereocenters. The van der Waals surface area contributed by atoms with E-state index in [9.17, 15) is 0 Å². The first-order chi connectivity index (χ1) is 7.70. The first-order valence-corrected chi connectivity index (χ1v) is 6.66. The highest BCUT2D eigenvalue weighted by atomic mass is 35.5. The van der Waals surface area contributed by atoms with E-state index in [1.165, 1.54) is 17.7 Å². The maximum Gasteiger partial charge on any atom is 0.180 e. The third-order valence-corrected chi connectivity index (χ3v) is 4.21. The molecule has 0 aliphatic carbocycles. The summed E-state index contributed by atoms with van der Waals surface area (Å²) in [5.74, 6) is 0.698. The van der Waals surface area contributed by atoms with Crippen molar-refractivity contribution in [1.29, 1.82) is 0 Å². The lowest BCUT2D eigenvalue weighted by atomic mass is 9.91. The number of likely N-dealkylation sites (tertiary alicyclic amines) is 1. The van der Waals surface area contributed by atoms with Gasteiger partial charge in [-0.3, -0.25) is 4.90 Å². The standard InChI is InChI=1S/C11H20N4S.2ClH/c1-8-3-2-4-15(10(8)5-12)7-9-6-14-11(13)16-9;;/h6,8,10H,2-5,7,12H2,1H3,(H2,13,14);2*1H. The quantitative estimate of drug-likeness (QED) is 0.897. The predicted molar refractivity (Wildman–Crippen MR) is 82.7 cm³/mol. The lowest BCUT2D eigenvalue weighted by molar-refractivity contribution is 0.100. The number of piperidine rings is 1. The highest BCUT2D eigenvalue weighted by Crippen LogP contribution is 2.26. The van der Waals surface area contributed by atoms with Crippen molar-refractivity contribution in [3.05, 3.63) is 11.1 Å². The summed E-state index contributed by atoms with van der Waals surface area (Å²) < 4.78 is 0. The molecule has 1 aromatic rings. The van der Waals surface area contributed by atoms with Gasteiger partial charge in [-0.1, -0.05) is 6.92 Å². The van der Waals surface area contributed by atoms with Gasteiger partial charge in [0.05, 0.1) is 0 Å². The Labute approximate surface area is 125 Å². The molecule has 0 radical (unpaired) electrons. The van der Waals surface area contributed by atoms with E-state index in [2.05, 4.69) is 16.8 Å². The Kier molecular flexibility index (Phi) is 8.14. The molecule has 1 aliphatic rings. The summed E-state index contributed by atoms with van der Waals surface area (Å²) in [5.41, 5.74) is 11.5. The Bertz CT molecular complexity index is 348. The van der Waals surface area contributed by atoms with Gasteiger partial charge in [-0.05, 0) is 25.3 Å². The monoisotopic (exact) mass is 312 g/mol. The van der Waals surface area contributed by atoms with Crippen LogP contribution in [0.3, 0.4) is 0 Å². The molecule has 2 unspecified atom stereocenters. The normalized spacial score (nSPS) is 24.1. The third kappa shape index (κ3) is 4.24. The number of hydrogen-bond donors (Lipinski definition) is 2. The molecule has 1 saturated heterocycles. The first-order valence-electron chi connectivity index (χ1n) is 5.85. The summed E-state index contributed by atoms with van der Waals surface area (Å²) in [5, 5.41) is 0.657. The number of aromatic nitrogens is 1. The average molecular weight is 313 g/mol. The van der Waals surface area contributed by atoms with Crippen LogP contribution in [-0.2, 0) is 6.54 Å². The van der Waals surface area contributed by atoms with Crippen molar-refractivity contribution in [1.82, 2.24) is 9.88 Å². The zero-order valence-electron chi connectivity index (χ0n) is 10.5. The Morgan fingerprint density at radius 3 is 2.78 bits per heavy atom. The number of hydrogen-bond acceptors (Lipinski definition) is 5. The molecule has 0 aromatic carbocycles. The zero-order valence-corrected chi connectivity index (χ0v) is 13.0. The molecule has 2 rings (SSSR count). The van der Waals surface area contributed by atoms with Gasteiger partial charge in [-0.15, -0.1) is 36.2 Å². The minimum absolute atomic E-state index is 0. The van der Waals surface area contributed by atoms with Gasteiger partial charge < -0.3 is 11.5 Å². The molecule has 106 valence electrons. The second kappa shape index (κ2) is 8.17. The Morgan fingerprint density at radius 2 is 2.22 bits per heavy atom. The highest BCUT2D eigenvalue weighted by molar-refractivity contribution is 7.15. The fraction of sp³-hybridized carbons (Fsp3) is 0.727. The molecule has 0 amide bonds. The summed E-state index contributed by atoms with van der Waals surface area (Å²) in [6.07, 6.45) is 4.45. The molecule has 1 aliphatic heterocycles. The number of rotatable bonds is 3. The summed E-state index contributed by atoms with van der Waals surface area (Å²) in [4.78, 5) is 7.80. The maximum atomic E-state index is 5.86. The summed E-state index contributed by atoms with van der Waals surface area (Å²) in [7, 11) is 0. The van der Waals surface area contributed by atoms with Gasteiger partial charge in [0, 0.05) is 30.2 Å². The number of nitrogen functional groups attached to an aromatic ring is 1. The topological polar surface area (TPSA) is 68.2 Å². The lowest BCUT2D eigenvalue weighted by Crippen LogP contribution is -2.47. The minimum atomic E-state index is 0. The predicted octanol–water partition coefficient (Wildman–Crippen LogP) is 2.13. The van der Waals surface area contributed by atoms with Crippen LogP contribution in [-0.4, -0.2) is 29.0 Å². The van der Waals surface area contributed by atoms with Crippen LogP contribution >= 0.6 is 36.2 Å². The lowest BCUT2D eigenvalue weighted by Gasteiger charge is -2.39. The fourth-order valence-corrected chi connectivity index (χ4v) is 3.22.